The Bertz CT molecular complexity index is 625. The van der Waals surface area contributed by atoms with E-state index in [9.17, 15) is 14.7 Å². The topological polar surface area (TPSA) is 60.9 Å². The van der Waals surface area contributed by atoms with Crippen molar-refractivity contribution in [2.45, 2.75) is 45.1 Å². The van der Waals surface area contributed by atoms with Gasteiger partial charge in [-0.3, -0.25) is 9.59 Å². The lowest BCUT2D eigenvalue weighted by molar-refractivity contribution is -0.142. The standard InChI is InChI=1S/C20H29ClN2O3/c1-20(2,26)11-13-22(3)19(25)16-6-9-18(24)23(14-16)12-10-15-4-7-17(21)8-5-15/h4-5,7-8,16,26H,6,9-14H2,1-3H3. The van der Waals surface area contributed by atoms with Crippen molar-refractivity contribution >= 4 is 23.4 Å². The van der Waals surface area contributed by atoms with Crippen LogP contribution in [-0.2, 0) is 16.0 Å². The molecule has 6 heteroatoms. The fraction of sp³-hybridized carbons (Fsp3) is 0.600. The van der Waals surface area contributed by atoms with Crippen LogP contribution in [0.2, 0.25) is 5.02 Å². The van der Waals surface area contributed by atoms with Gasteiger partial charge in [-0.25, -0.2) is 0 Å². The molecule has 1 unspecified atom stereocenters. The Morgan fingerprint density at radius 2 is 2.00 bits per heavy atom. The molecule has 144 valence electrons. The molecule has 1 heterocycles. The first-order chi connectivity index (χ1) is 12.2. The fourth-order valence-corrected chi connectivity index (χ4v) is 3.24. The van der Waals surface area contributed by atoms with E-state index in [0.717, 1.165) is 12.0 Å². The number of aliphatic hydroxyl groups is 1. The van der Waals surface area contributed by atoms with E-state index >= 15 is 0 Å². The van der Waals surface area contributed by atoms with Gasteiger partial charge in [0.05, 0.1) is 11.5 Å². The molecule has 0 bridgehead atoms. The summed E-state index contributed by atoms with van der Waals surface area (Å²) in [6, 6.07) is 7.62. The molecule has 0 aliphatic carbocycles. The summed E-state index contributed by atoms with van der Waals surface area (Å²) in [6.45, 7) is 5.07. The Balaban J connectivity index is 1.88. The minimum atomic E-state index is -0.790. The zero-order chi connectivity index (χ0) is 19.3. The molecule has 2 rings (SSSR count). The first-order valence-corrected chi connectivity index (χ1v) is 9.53. The second kappa shape index (κ2) is 8.87. The van der Waals surface area contributed by atoms with E-state index in [4.69, 9.17) is 11.6 Å². The Kier molecular flexibility index (Phi) is 7.07. The summed E-state index contributed by atoms with van der Waals surface area (Å²) in [5.74, 6) is 0.00474. The van der Waals surface area contributed by atoms with Gasteiger partial charge in [0.1, 0.15) is 0 Å². The van der Waals surface area contributed by atoms with Gasteiger partial charge in [-0.15, -0.1) is 0 Å². The predicted molar refractivity (Wildman–Crippen MR) is 103 cm³/mol. The molecule has 1 aliphatic rings. The monoisotopic (exact) mass is 380 g/mol. The van der Waals surface area contributed by atoms with Gasteiger partial charge >= 0.3 is 0 Å². The number of piperidine rings is 1. The SMILES string of the molecule is CN(CCC(C)(C)O)C(=O)C1CCC(=O)N(CCc2ccc(Cl)cc2)C1. The van der Waals surface area contributed by atoms with Crippen molar-refractivity contribution in [2.75, 3.05) is 26.7 Å². The molecule has 2 amide bonds. The molecule has 1 N–H and O–H groups in total. The van der Waals surface area contributed by atoms with Gasteiger partial charge in [-0.2, -0.15) is 0 Å². The summed E-state index contributed by atoms with van der Waals surface area (Å²) >= 11 is 5.90. The van der Waals surface area contributed by atoms with E-state index in [1.165, 1.54) is 0 Å². The van der Waals surface area contributed by atoms with Crippen molar-refractivity contribution in [2.24, 2.45) is 5.92 Å². The number of halogens is 1. The van der Waals surface area contributed by atoms with E-state index in [1.807, 2.05) is 24.3 Å². The van der Waals surface area contributed by atoms with Crippen LogP contribution in [0.4, 0.5) is 0 Å². The summed E-state index contributed by atoms with van der Waals surface area (Å²) in [4.78, 5) is 28.4. The molecule has 1 saturated heterocycles. The first-order valence-electron chi connectivity index (χ1n) is 9.15. The average Bonchev–Trinajstić information content (AvgIpc) is 2.59. The quantitative estimate of drug-likeness (QED) is 0.791. The molecule has 1 atom stereocenters. The largest absolute Gasteiger partial charge is 0.390 e. The minimum Gasteiger partial charge on any atom is -0.390 e. The maximum absolute atomic E-state index is 12.7. The van der Waals surface area contributed by atoms with E-state index in [2.05, 4.69) is 0 Å². The van der Waals surface area contributed by atoms with Crippen LogP contribution in [0.5, 0.6) is 0 Å². The summed E-state index contributed by atoms with van der Waals surface area (Å²) in [5, 5.41) is 10.5. The van der Waals surface area contributed by atoms with Gasteiger partial charge in [0.25, 0.3) is 0 Å². The lowest BCUT2D eigenvalue weighted by atomic mass is 9.95. The number of carbonyl (C=O) groups excluding carboxylic acids is 2. The van der Waals surface area contributed by atoms with E-state index in [1.54, 1.807) is 30.7 Å². The molecule has 0 spiro atoms. The third kappa shape index (κ3) is 6.29. The first kappa shape index (κ1) is 20.7. The van der Waals surface area contributed by atoms with Crippen LogP contribution in [0.25, 0.3) is 0 Å². The maximum Gasteiger partial charge on any atom is 0.227 e. The third-order valence-electron chi connectivity index (χ3n) is 4.87. The van der Waals surface area contributed by atoms with Crippen LogP contribution in [0.15, 0.2) is 24.3 Å². The molecular formula is C20H29ClN2O3. The number of hydrogen-bond donors (Lipinski definition) is 1. The van der Waals surface area contributed by atoms with Crippen molar-refractivity contribution in [3.63, 3.8) is 0 Å². The second-order valence-electron chi connectivity index (χ2n) is 7.77. The maximum atomic E-state index is 12.7. The van der Waals surface area contributed by atoms with Gasteiger partial charge in [0.2, 0.25) is 11.8 Å². The van der Waals surface area contributed by atoms with Gasteiger partial charge in [-0.1, -0.05) is 23.7 Å². The summed E-state index contributed by atoms with van der Waals surface area (Å²) in [6.07, 6.45) is 2.29. The Morgan fingerprint density at radius 3 is 2.62 bits per heavy atom. The van der Waals surface area contributed by atoms with Gasteiger partial charge in [0.15, 0.2) is 0 Å². The summed E-state index contributed by atoms with van der Waals surface area (Å²) < 4.78 is 0. The van der Waals surface area contributed by atoms with Crippen LogP contribution in [0.3, 0.4) is 0 Å². The Hall–Kier alpha value is -1.59. The van der Waals surface area contributed by atoms with Crippen molar-refractivity contribution in [3.8, 4) is 0 Å². The molecule has 5 nitrogen and oxygen atoms in total. The van der Waals surface area contributed by atoms with E-state index in [-0.39, 0.29) is 17.7 Å². The number of nitrogens with zero attached hydrogens (tertiary/aromatic N) is 2. The molecule has 0 saturated carbocycles. The highest BCUT2D eigenvalue weighted by Gasteiger charge is 2.31. The molecule has 0 aromatic heterocycles. The van der Waals surface area contributed by atoms with Crippen LogP contribution in [-0.4, -0.2) is 59.0 Å². The normalized spacial score (nSPS) is 18.1. The zero-order valence-electron chi connectivity index (χ0n) is 15.9. The molecule has 1 aromatic carbocycles. The zero-order valence-corrected chi connectivity index (χ0v) is 16.6. The molecule has 26 heavy (non-hydrogen) atoms. The second-order valence-corrected chi connectivity index (χ2v) is 8.21. The molecule has 1 aliphatic heterocycles. The van der Waals surface area contributed by atoms with E-state index in [0.29, 0.717) is 43.9 Å². The van der Waals surface area contributed by atoms with E-state index < -0.39 is 5.60 Å². The van der Waals surface area contributed by atoms with Gasteiger partial charge in [-0.05, 0) is 50.8 Å². The van der Waals surface area contributed by atoms with Crippen molar-refractivity contribution in [3.05, 3.63) is 34.9 Å². The lowest BCUT2D eigenvalue weighted by Gasteiger charge is -2.34. The van der Waals surface area contributed by atoms with Crippen LogP contribution in [0, 0.1) is 5.92 Å². The minimum absolute atomic E-state index is 0.0539. The number of likely N-dealkylation sites (tertiary alicyclic amines) is 1. The number of hydrogen-bond acceptors (Lipinski definition) is 3. The number of carbonyl (C=O) groups is 2. The predicted octanol–water partition coefficient (Wildman–Crippen LogP) is 2.74. The van der Waals surface area contributed by atoms with Crippen molar-refractivity contribution in [1.29, 1.82) is 0 Å². The molecule has 1 aromatic rings. The highest BCUT2D eigenvalue weighted by atomic mass is 35.5. The van der Waals surface area contributed by atoms with Gasteiger partial charge < -0.3 is 14.9 Å². The number of amides is 2. The third-order valence-corrected chi connectivity index (χ3v) is 5.12. The van der Waals surface area contributed by atoms with Crippen LogP contribution < -0.4 is 0 Å². The molecule has 0 radical (unpaired) electrons. The fourth-order valence-electron chi connectivity index (χ4n) is 3.11. The Morgan fingerprint density at radius 1 is 1.35 bits per heavy atom. The van der Waals surface area contributed by atoms with Crippen LogP contribution in [0.1, 0.15) is 38.7 Å². The number of benzene rings is 1. The highest BCUT2D eigenvalue weighted by Crippen LogP contribution is 2.21. The Labute approximate surface area is 160 Å². The smallest absolute Gasteiger partial charge is 0.227 e. The van der Waals surface area contributed by atoms with Crippen LogP contribution >= 0.6 is 11.6 Å². The lowest BCUT2D eigenvalue weighted by Crippen LogP contribution is -2.47. The summed E-state index contributed by atoms with van der Waals surface area (Å²) in [5.41, 5.74) is 0.333. The highest BCUT2D eigenvalue weighted by molar-refractivity contribution is 6.30. The van der Waals surface area contributed by atoms with Crippen molar-refractivity contribution < 1.29 is 14.7 Å². The molecule has 1 fully saturated rings. The average molecular weight is 381 g/mol. The van der Waals surface area contributed by atoms with Gasteiger partial charge in [0, 0.05) is 38.1 Å². The molecular weight excluding hydrogens is 352 g/mol. The van der Waals surface area contributed by atoms with Crippen molar-refractivity contribution in [1.82, 2.24) is 9.80 Å². The summed E-state index contributed by atoms with van der Waals surface area (Å²) in [7, 11) is 1.77. The number of rotatable bonds is 7.